The van der Waals surface area contributed by atoms with Gasteiger partial charge < -0.3 is 0 Å². The van der Waals surface area contributed by atoms with Crippen LogP contribution in [0.5, 0.6) is 0 Å². The second kappa shape index (κ2) is 2.55. The third-order valence-electron chi connectivity index (χ3n) is 1.82. The first-order chi connectivity index (χ1) is 5.83. The Balaban J connectivity index is 2.80. The lowest BCUT2D eigenvalue weighted by molar-refractivity contribution is 0.585. The van der Waals surface area contributed by atoms with Gasteiger partial charge in [-0.15, -0.1) is 0 Å². The summed E-state index contributed by atoms with van der Waals surface area (Å²) in [6.07, 6.45) is 5.65. The van der Waals surface area contributed by atoms with Gasteiger partial charge in [0, 0.05) is 24.3 Å². The lowest BCUT2D eigenvalue weighted by Crippen LogP contribution is -1.94. The molecular weight excluding hydrogens is 157 g/mol. The molecule has 0 radical (unpaired) electrons. The molecule has 2 aromatic heterocycles. The third-order valence-corrected chi connectivity index (χ3v) is 1.82. The van der Waals surface area contributed by atoms with Crippen LogP contribution < -0.4 is 0 Å². The van der Waals surface area contributed by atoms with Crippen molar-refractivity contribution < 1.29 is 4.39 Å². The Morgan fingerprint density at radius 2 is 2.33 bits per heavy atom. The summed E-state index contributed by atoms with van der Waals surface area (Å²) in [7, 11) is 0. The highest BCUT2D eigenvalue weighted by Crippen LogP contribution is 2.08. The molecule has 0 saturated carbocycles. The summed E-state index contributed by atoms with van der Waals surface area (Å²) in [6, 6.07) is 0. The van der Waals surface area contributed by atoms with E-state index in [1.54, 1.807) is 16.8 Å². The van der Waals surface area contributed by atoms with Crippen molar-refractivity contribution in [2.24, 2.45) is 0 Å². The summed E-state index contributed by atoms with van der Waals surface area (Å²) < 4.78 is 14.7. The molecule has 0 aliphatic rings. The highest BCUT2D eigenvalue weighted by Gasteiger charge is 2.05. The fraction of sp³-hybridized carbons (Fsp3) is 0.250. The van der Waals surface area contributed by atoms with Gasteiger partial charge in [-0.2, -0.15) is 4.39 Å². The van der Waals surface area contributed by atoms with E-state index in [4.69, 9.17) is 0 Å². The van der Waals surface area contributed by atoms with E-state index in [1.807, 2.05) is 6.92 Å². The van der Waals surface area contributed by atoms with E-state index >= 15 is 0 Å². The number of hydrogen-bond acceptors (Lipinski definition) is 2. The van der Waals surface area contributed by atoms with Gasteiger partial charge in [0.15, 0.2) is 5.65 Å². The second-order valence-corrected chi connectivity index (χ2v) is 2.51. The van der Waals surface area contributed by atoms with E-state index in [-0.39, 0.29) is 0 Å². The highest BCUT2D eigenvalue weighted by atomic mass is 19.1. The first-order valence-electron chi connectivity index (χ1n) is 3.79. The van der Waals surface area contributed by atoms with Crippen LogP contribution >= 0.6 is 0 Å². The molecule has 3 nitrogen and oxygen atoms in total. The Labute approximate surface area is 68.9 Å². The summed E-state index contributed by atoms with van der Waals surface area (Å²) in [5.41, 5.74) is 1.29. The maximum atomic E-state index is 12.9. The molecule has 0 N–H and O–H groups in total. The Hall–Kier alpha value is -1.45. The zero-order valence-electron chi connectivity index (χ0n) is 6.66. The number of imidazole rings is 1. The summed E-state index contributed by atoms with van der Waals surface area (Å²) in [4.78, 5) is 7.42. The first-order valence-corrected chi connectivity index (χ1v) is 3.79. The molecule has 2 heterocycles. The Morgan fingerprint density at radius 1 is 1.50 bits per heavy atom. The van der Waals surface area contributed by atoms with Crippen molar-refractivity contribution in [2.75, 3.05) is 0 Å². The number of aryl methyl sites for hydroxylation is 1. The SMILES string of the molecule is CCc1cnc2c(F)nccn12. The van der Waals surface area contributed by atoms with Crippen LogP contribution in [0.1, 0.15) is 12.6 Å². The van der Waals surface area contributed by atoms with Crippen LogP contribution in [0.4, 0.5) is 4.39 Å². The summed E-state index contributed by atoms with van der Waals surface area (Å²) in [5, 5.41) is 0. The summed E-state index contributed by atoms with van der Waals surface area (Å²) in [6.45, 7) is 2.00. The first kappa shape index (κ1) is 7.21. The van der Waals surface area contributed by atoms with Crippen LogP contribution in [0.25, 0.3) is 5.65 Å². The van der Waals surface area contributed by atoms with Crippen molar-refractivity contribution in [3.05, 3.63) is 30.2 Å². The molecule has 0 unspecified atom stereocenters. The summed E-state index contributed by atoms with van der Waals surface area (Å²) in [5.74, 6) is -0.516. The van der Waals surface area contributed by atoms with Crippen molar-refractivity contribution in [3.63, 3.8) is 0 Å². The highest BCUT2D eigenvalue weighted by molar-refractivity contribution is 5.38. The van der Waals surface area contributed by atoms with Crippen molar-refractivity contribution >= 4 is 5.65 Å². The van der Waals surface area contributed by atoms with Crippen molar-refractivity contribution in [1.82, 2.24) is 14.4 Å². The summed E-state index contributed by atoms with van der Waals surface area (Å²) >= 11 is 0. The van der Waals surface area contributed by atoms with Crippen LogP contribution in [-0.4, -0.2) is 14.4 Å². The number of aromatic nitrogens is 3. The smallest absolute Gasteiger partial charge is 0.256 e. The van der Waals surface area contributed by atoms with Gasteiger partial charge in [-0.25, -0.2) is 9.97 Å². The average Bonchev–Trinajstić information content (AvgIpc) is 2.49. The molecule has 0 amide bonds. The van der Waals surface area contributed by atoms with Crippen molar-refractivity contribution in [3.8, 4) is 0 Å². The number of fused-ring (bicyclic) bond motifs is 1. The van der Waals surface area contributed by atoms with Gasteiger partial charge in [-0.05, 0) is 6.42 Å². The zero-order chi connectivity index (χ0) is 8.55. The Bertz CT molecular complexity index is 408. The van der Waals surface area contributed by atoms with Gasteiger partial charge in [0.05, 0.1) is 0 Å². The van der Waals surface area contributed by atoms with Gasteiger partial charge in [0.2, 0.25) is 0 Å². The normalized spacial score (nSPS) is 10.8. The molecule has 2 aromatic rings. The van der Waals surface area contributed by atoms with Crippen LogP contribution in [0, 0.1) is 5.95 Å². The van der Waals surface area contributed by atoms with E-state index in [1.165, 1.54) is 6.20 Å². The van der Waals surface area contributed by atoms with Gasteiger partial charge in [0.25, 0.3) is 5.95 Å². The predicted octanol–water partition coefficient (Wildman–Crippen LogP) is 1.43. The lowest BCUT2D eigenvalue weighted by atomic mass is 10.4. The molecule has 0 aromatic carbocycles. The Morgan fingerprint density at radius 3 is 3.08 bits per heavy atom. The largest absolute Gasteiger partial charge is 0.299 e. The predicted molar refractivity (Wildman–Crippen MR) is 42.3 cm³/mol. The molecular formula is C8H8FN3. The van der Waals surface area contributed by atoms with E-state index in [9.17, 15) is 4.39 Å². The standard InChI is InChI=1S/C8H8FN3/c1-2-6-5-11-8-7(9)10-3-4-12(6)8/h3-5H,2H2,1H3. The van der Waals surface area contributed by atoms with Gasteiger partial charge in [0.1, 0.15) is 0 Å². The van der Waals surface area contributed by atoms with Crippen LogP contribution in [0.15, 0.2) is 18.6 Å². The maximum Gasteiger partial charge on any atom is 0.256 e. The topological polar surface area (TPSA) is 30.2 Å². The van der Waals surface area contributed by atoms with Crippen LogP contribution in [0.3, 0.4) is 0 Å². The molecule has 0 aliphatic carbocycles. The number of rotatable bonds is 1. The van der Waals surface area contributed by atoms with E-state index in [0.717, 1.165) is 12.1 Å². The van der Waals surface area contributed by atoms with Crippen molar-refractivity contribution in [2.45, 2.75) is 13.3 Å². The molecule has 0 spiro atoms. The number of hydrogen-bond donors (Lipinski definition) is 0. The van der Waals surface area contributed by atoms with Crippen LogP contribution in [0.2, 0.25) is 0 Å². The molecule has 0 fully saturated rings. The fourth-order valence-electron chi connectivity index (χ4n) is 1.20. The van der Waals surface area contributed by atoms with Gasteiger partial charge >= 0.3 is 0 Å². The molecule has 0 bridgehead atoms. The molecule has 2 rings (SSSR count). The monoisotopic (exact) mass is 165 g/mol. The van der Waals surface area contributed by atoms with Gasteiger partial charge in [-0.1, -0.05) is 6.92 Å². The average molecular weight is 165 g/mol. The van der Waals surface area contributed by atoms with E-state index in [2.05, 4.69) is 9.97 Å². The third kappa shape index (κ3) is 0.879. The molecule has 4 heteroatoms. The number of halogens is 1. The minimum absolute atomic E-state index is 0.300. The Kier molecular flexibility index (Phi) is 1.53. The molecule has 0 saturated heterocycles. The van der Waals surface area contributed by atoms with Crippen molar-refractivity contribution in [1.29, 1.82) is 0 Å². The number of nitrogens with zero attached hydrogens (tertiary/aromatic N) is 3. The minimum Gasteiger partial charge on any atom is -0.299 e. The fourth-order valence-corrected chi connectivity index (χ4v) is 1.20. The van der Waals surface area contributed by atoms with Gasteiger partial charge in [-0.3, -0.25) is 4.40 Å². The van der Waals surface area contributed by atoms with Crippen LogP contribution in [-0.2, 0) is 6.42 Å². The zero-order valence-corrected chi connectivity index (χ0v) is 6.66. The molecule has 0 atom stereocenters. The van der Waals surface area contributed by atoms with E-state index in [0.29, 0.717) is 5.65 Å². The quantitative estimate of drug-likeness (QED) is 0.639. The maximum absolute atomic E-state index is 12.9. The molecule has 62 valence electrons. The molecule has 0 aliphatic heterocycles. The minimum atomic E-state index is -0.516. The molecule has 12 heavy (non-hydrogen) atoms. The van der Waals surface area contributed by atoms with E-state index < -0.39 is 5.95 Å². The lowest BCUT2D eigenvalue weighted by Gasteiger charge is -1.96. The second-order valence-electron chi connectivity index (χ2n) is 2.51.